The number of nitrogens with zero attached hydrogens (tertiary/aromatic N) is 2. The smallest absolute Gasteiger partial charge is 0.202 e. The van der Waals surface area contributed by atoms with E-state index in [1.165, 1.54) is 0 Å². The average Bonchev–Trinajstić information content (AvgIpc) is 2.31. The van der Waals surface area contributed by atoms with Gasteiger partial charge in [0.05, 0.1) is 0 Å². The van der Waals surface area contributed by atoms with Crippen LogP contribution in [0.2, 0.25) is 0 Å². The van der Waals surface area contributed by atoms with E-state index in [2.05, 4.69) is 17.2 Å². The zero-order valence-corrected chi connectivity index (χ0v) is 6.46. The highest BCUT2D eigenvalue weighted by Crippen LogP contribution is 1.99. The topological polar surface area (TPSA) is 29.9 Å². The first kappa shape index (κ1) is 7.12. The number of hydrogen-bond donors (Lipinski definition) is 1. The second-order valence-electron chi connectivity index (χ2n) is 2.29. The van der Waals surface area contributed by atoms with Crippen LogP contribution in [0.15, 0.2) is 12.4 Å². The maximum Gasteiger partial charge on any atom is 0.202 e. The van der Waals surface area contributed by atoms with Crippen LogP contribution in [0.5, 0.6) is 0 Å². The fourth-order valence-electron chi connectivity index (χ4n) is 0.773. The Kier molecular flexibility index (Phi) is 2.31. The molecule has 1 N–H and O–H groups in total. The quantitative estimate of drug-likeness (QED) is 0.682. The summed E-state index contributed by atoms with van der Waals surface area (Å²) < 4.78 is 1.97. The minimum absolute atomic E-state index is 0.946. The highest BCUT2D eigenvalue weighted by atomic mass is 15.2. The third kappa shape index (κ3) is 1.50. The molecule has 10 heavy (non-hydrogen) atoms. The van der Waals surface area contributed by atoms with Crippen LogP contribution in [0.3, 0.4) is 0 Å². The van der Waals surface area contributed by atoms with E-state index >= 15 is 0 Å². The second-order valence-corrected chi connectivity index (χ2v) is 2.29. The number of aromatic nitrogens is 2. The first-order valence-electron chi connectivity index (χ1n) is 3.55. The summed E-state index contributed by atoms with van der Waals surface area (Å²) in [6.45, 7) is 3.13. The molecule has 3 heteroatoms. The molecule has 0 radical (unpaired) electrons. The molecule has 0 unspecified atom stereocenters. The Labute approximate surface area is 61.1 Å². The highest BCUT2D eigenvalue weighted by molar-refractivity contribution is 5.24. The fourth-order valence-corrected chi connectivity index (χ4v) is 0.773. The minimum atomic E-state index is 0.946. The van der Waals surface area contributed by atoms with Crippen molar-refractivity contribution in [3.8, 4) is 0 Å². The van der Waals surface area contributed by atoms with E-state index in [1.54, 1.807) is 6.20 Å². The average molecular weight is 139 g/mol. The number of hydrogen-bond acceptors (Lipinski definition) is 2. The van der Waals surface area contributed by atoms with E-state index in [-0.39, 0.29) is 0 Å². The molecular formula is C7H13N3. The Morgan fingerprint density at radius 2 is 2.50 bits per heavy atom. The largest absolute Gasteiger partial charge is 0.356 e. The predicted molar refractivity (Wildman–Crippen MR) is 42.0 cm³/mol. The van der Waals surface area contributed by atoms with Crippen LogP contribution in [0.1, 0.15) is 13.3 Å². The summed E-state index contributed by atoms with van der Waals surface area (Å²) in [7, 11) is 1.98. The van der Waals surface area contributed by atoms with Crippen molar-refractivity contribution in [3.63, 3.8) is 0 Å². The zero-order valence-electron chi connectivity index (χ0n) is 6.46. The third-order valence-electron chi connectivity index (χ3n) is 1.35. The SMILES string of the molecule is CCCNc1nccn1C. The summed E-state index contributed by atoms with van der Waals surface area (Å²) in [5.74, 6) is 0.946. The number of aryl methyl sites for hydroxylation is 1. The molecule has 0 saturated heterocycles. The molecule has 0 saturated carbocycles. The summed E-state index contributed by atoms with van der Waals surface area (Å²) in [6.07, 6.45) is 4.85. The lowest BCUT2D eigenvalue weighted by atomic mass is 10.5. The van der Waals surface area contributed by atoms with Gasteiger partial charge in [-0.05, 0) is 6.42 Å². The summed E-state index contributed by atoms with van der Waals surface area (Å²) in [4.78, 5) is 4.11. The van der Waals surface area contributed by atoms with Crippen molar-refractivity contribution in [1.29, 1.82) is 0 Å². The molecule has 0 aliphatic heterocycles. The van der Waals surface area contributed by atoms with Gasteiger partial charge in [-0.1, -0.05) is 6.92 Å². The number of nitrogens with one attached hydrogen (secondary N) is 1. The number of imidazole rings is 1. The van der Waals surface area contributed by atoms with Crippen LogP contribution in [0.4, 0.5) is 5.95 Å². The normalized spacial score (nSPS) is 9.80. The molecule has 0 aromatic carbocycles. The van der Waals surface area contributed by atoms with Crippen LogP contribution in [0, 0.1) is 0 Å². The van der Waals surface area contributed by atoms with Gasteiger partial charge >= 0.3 is 0 Å². The van der Waals surface area contributed by atoms with Gasteiger partial charge in [-0.2, -0.15) is 0 Å². The van der Waals surface area contributed by atoms with Crippen molar-refractivity contribution in [1.82, 2.24) is 9.55 Å². The molecule has 1 rings (SSSR count). The lowest BCUT2D eigenvalue weighted by Crippen LogP contribution is -2.04. The van der Waals surface area contributed by atoms with Crippen LogP contribution in [-0.2, 0) is 7.05 Å². The molecule has 56 valence electrons. The van der Waals surface area contributed by atoms with Crippen molar-refractivity contribution in [3.05, 3.63) is 12.4 Å². The van der Waals surface area contributed by atoms with E-state index in [9.17, 15) is 0 Å². The molecule has 0 aliphatic carbocycles. The molecule has 0 amide bonds. The second kappa shape index (κ2) is 3.25. The van der Waals surface area contributed by atoms with Gasteiger partial charge in [0.1, 0.15) is 0 Å². The zero-order chi connectivity index (χ0) is 7.40. The van der Waals surface area contributed by atoms with E-state index in [0.29, 0.717) is 0 Å². The summed E-state index contributed by atoms with van der Waals surface area (Å²) >= 11 is 0. The first-order valence-corrected chi connectivity index (χ1v) is 3.55. The summed E-state index contributed by atoms with van der Waals surface area (Å²) in [5.41, 5.74) is 0. The maximum atomic E-state index is 4.11. The van der Waals surface area contributed by atoms with Crippen LogP contribution in [0.25, 0.3) is 0 Å². The predicted octanol–water partition coefficient (Wildman–Crippen LogP) is 1.24. The highest BCUT2D eigenvalue weighted by Gasteiger charge is 1.93. The van der Waals surface area contributed by atoms with Gasteiger partial charge in [0.25, 0.3) is 0 Å². The van der Waals surface area contributed by atoms with Gasteiger partial charge in [-0.25, -0.2) is 4.98 Å². The van der Waals surface area contributed by atoms with Crippen molar-refractivity contribution in [2.75, 3.05) is 11.9 Å². The van der Waals surface area contributed by atoms with Gasteiger partial charge in [-0.3, -0.25) is 0 Å². The van der Waals surface area contributed by atoms with Gasteiger partial charge in [-0.15, -0.1) is 0 Å². The molecule has 0 atom stereocenters. The monoisotopic (exact) mass is 139 g/mol. The molecule has 0 fully saturated rings. The van der Waals surface area contributed by atoms with Crippen LogP contribution < -0.4 is 5.32 Å². The molecule has 0 spiro atoms. The Morgan fingerprint density at radius 1 is 1.70 bits per heavy atom. The Hall–Kier alpha value is -0.990. The van der Waals surface area contributed by atoms with Crippen molar-refractivity contribution >= 4 is 5.95 Å². The molecule has 1 aromatic rings. The molecular weight excluding hydrogens is 126 g/mol. The molecule has 3 nitrogen and oxygen atoms in total. The molecule has 1 aromatic heterocycles. The Bertz CT molecular complexity index is 192. The first-order chi connectivity index (χ1) is 4.84. The molecule has 1 heterocycles. The number of rotatable bonds is 3. The molecule has 0 bridgehead atoms. The van der Waals surface area contributed by atoms with E-state index in [4.69, 9.17) is 0 Å². The van der Waals surface area contributed by atoms with Gasteiger partial charge < -0.3 is 9.88 Å². The Balaban J connectivity index is 2.49. The van der Waals surface area contributed by atoms with Crippen molar-refractivity contribution in [2.45, 2.75) is 13.3 Å². The summed E-state index contributed by atoms with van der Waals surface area (Å²) in [5, 5.41) is 3.19. The van der Waals surface area contributed by atoms with E-state index < -0.39 is 0 Å². The van der Waals surface area contributed by atoms with E-state index in [0.717, 1.165) is 18.9 Å². The van der Waals surface area contributed by atoms with Crippen molar-refractivity contribution < 1.29 is 0 Å². The fraction of sp³-hybridized carbons (Fsp3) is 0.571. The lowest BCUT2D eigenvalue weighted by Gasteiger charge is -2.02. The van der Waals surface area contributed by atoms with Crippen molar-refractivity contribution in [2.24, 2.45) is 7.05 Å². The lowest BCUT2D eigenvalue weighted by molar-refractivity contribution is 0.880. The van der Waals surface area contributed by atoms with Crippen LogP contribution >= 0.6 is 0 Å². The van der Waals surface area contributed by atoms with E-state index in [1.807, 2.05) is 17.8 Å². The van der Waals surface area contributed by atoms with Gasteiger partial charge in [0, 0.05) is 26.0 Å². The number of anilines is 1. The standard InChI is InChI=1S/C7H13N3/c1-3-4-8-7-9-5-6-10(7)2/h5-6H,3-4H2,1-2H3,(H,8,9). The van der Waals surface area contributed by atoms with Crippen LogP contribution in [-0.4, -0.2) is 16.1 Å². The van der Waals surface area contributed by atoms with Gasteiger partial charge in [0.2, 0.25) is 5.95 Å². The summed E-state index contributed by atoms with van der Waals surface area (Å²) in [6, 6.07) is 0. The maximum absolute atomic E-state index is 4.11. The molecule has 0 aliphatic rings. The minimum Gasteiger partial charge on any atom is -0.356 e. The van der Waals surface area contributed by atoms with Gasteiger partial charge in [0.15, 0.2) is 0 Å². The Morgan fingerprint density at radius 3 is 3.00 bits per heavy atom. The third-order valence-corrected chi connectivity index (χ3v) is 1.35.